The van der Waals surface area contributed by atoms with Crippen molar-refractivity contribution in [2.75, 3.05) is 7.05 Å². The highest BCUT2D eigenvalue weighted by molar-refractivity contribution is 7.80. The van der Waals surface area contributed by atoms with Crippen molar-refractivity contribution in [3.63, 3.8) is 0 Å². The zero-order valence-electron chi connectivity index (χ0n) is 11.4. The van der Waals surface area contributed by atoms with Crippen LogP contribution in [0, 0.1) is 0 Å². The molecule has 20 heavy (non-hydrogen) atoms. The summed E-state index contributed by atoms with van der Waals surface area (Å²) in [6.07, 6.45) is 3.56. The summed E-state index contributed by atoms with van der Waals surface area (Å²) in [5.74, 6) is 0.734. The number of carbonyl (C=O) groups is 1. The van der Waals surface area contributed by atoms with E-state index in [9.17, 15) is 4.79 Å². The molecule has 0 aliphatic carbocycles. The number of hydrogen-bond donors (Lipinski definition) is 1. The summed E-state index contributed by atoms with van der Waals surface area (Å²) < 4.78 is 1.88. The van der Waals surface area contributed by atoms with Crippen LogP contribution >= 0.6 is 12.2 Å². The molecule has 1 aromatic carbocycles. The Labute approximate surface area is 123 Å². The molecule has 0 bridgehead atoms. The maximum atomic E-state index is 12.4. The second-order valence-corrected chi connectivity index (χ2v) is 5.00. The highest BCUT2D eigenvalue weighted by Crippen LogP contribution is 2.10. The Balaban J connectivity index is 2.16. The summed E-state index contributed by atoms with van der Waals surface area (Å²) in [6, 6.07) is 7.02. The van der Waals surface area contributed by atoms with Gasteiger partial charge in [-0.15, -0.1) is 0 Å². The van der Waals surface area contributed by atoms with Crippen molar-refractivity contribution in [1.82, 2.24) is 14.5 Å². The Kier molecular flexibility index (Phi) is 4.14. The molecular weight excluding hydrogens is 272 g/mol. The molecule has 0 fully saturated rings. The Bertz CT molecular complexity index is 650. The number of amides is 1. The number of rotatable bonds is 4. The van der Waals surface area contributed by atoms with Gasteiger partial charge in [-0.3, -0.25) is 4.79 Å². The van der Waals surface area contributed by atoms with Crippen LogP contribution in [0.5, 0.6) is 0 Å². The number of carbonyl (C=O) groups excluding carboxylic acids is 1. The standard InChI is InChI=1S/C14H16N4OS/c1-17-7-6-16-12(17)9-18(2)14(19)11-5-3-4-10(8-11)13(15)20/h3-8H,9H2,1-2H3,(H2,15,20). The fourth-order valence-corrected chi connectivity index (χ4v) is 1.99. The van der Waals surface area contributed by atoms with Gasteiger partial charge in [0.05, 0.1) is 6.54 Å². The Morgan fingerprint density at radius 1 is 1.45 bits per heavy atom. The number of thiocarbonyl (C=S) groups is 1. The molecule has 1 amide bonds. The molecule has 0 saturated heterocycles. The van der Waals surface area contributed by atoms with Crippen molar-refractivity contribution in [1.29, 1.82) is 0 Å². The van der Waals surface area contributed by atoms with Crippen molar-refractivity contribution >= 4 is 23.1 Å². The SMILES string of the molecule is CN(Cc1nccn1C)C(=O)c1cccc(C(N)=S)c1. The van der Waals surface area contributed by atoms with Crippen LogP contribution in [0.1, 0.15) is 21.7 Å². The third-order valence-corrected chi connectivity index (χ3v) is 3.28. The van der Waals surface area contributed by atoms with Gasteiger partial charge in [-0.2, -0.15) is 0 Å². The Morgan fingerprint density at radius 2 is 2.15 bits per heavy atom. The van der Waals surface area contributed by atoms with Crippen LogP contribution in [-0.4, -0.2) is 32.4 Å². The predicted molar refractivity (Wildman–Crippen MR) is 81.3 cm³/mol. The van der Waals surface area contributed by atoms with Gasteiger partial charge in [-0.25, -0.2) is 4.98 Å². The second-order valence-electron chi connectivity index (χ2n) is 4.56. The molecule has 0 atom stereocenters. The smallest absolute Gasteiger partial charge is 0.254 e. The predicted octanol–water partition coefficient (Wildman–Crippen LogP) is 1.33. The van der Waals surface area contributed by atoms with E-state index in [4.69, 9.17) is 18.0 Å². The Morgan fingerprint density at radius 3 is 2.75 bits per heavy atom. The topological polar surface area (TPSA) is 64.2 Å². The molecule has 104 valence electrons. The van der Waals surface area contributed by atoms with E-state index in [2.05, 4.69) is 4.98 Å². The molecule has 2 N–H and O–H groups in total. The number of aromatic nitrogens is 2. The number of imidazole rings is 1. The number of nitrogens with zero attached hydrogens (tertiary/aromatic N) is 3. The van der Waals surface area contributed by atoms with Gasteiger partial charge < -0.3 is 15.2 Å². The van der Waals surface area contributed by atoms with Crippen molar-refractivity contribution < 1.29 is 4.79 Å². The van der Waals surface area contributed by atoms with Crippen LogP contribution in [0.3, 0.4) is 0 Å². The largest absolute Gasteiger partial charge is 0.389 e. The van der Waals surface area contributed by atoms with Gasteiger partial charge >= 0.3 is 0 Å². The lowest BCUT2D eigenvalue weighted by atomic mass is 10.1. The summed E-state index contributed by atoms with van der Waals surface area (Å²) in [5.41, 5.74) is 6.83. The third-order valence-electron chi connectivity index (χ3n) is 3.04. The van der Waals surface area contributed by atoms with Crippen LogP contribution in [-0.2, 0) is 13.6 Å². The lowest BCUT2D eigenvalue weighted by Gasteiger charge is -2.17. The van der Waals surface area contributed by atoms with Gasteiger partial charge in [0.1, 0.15) is 10.8 Å². The molecule has 0 aliphatic rings. The molecule has 0 radical (unpaired) electrons. The summed E-state index contributed by atoms with van der Waals surface area (Å²) in [4.78, 5) is 18.5. The minimum Gasteiger partial charge on any atom is -0.389 e. The van der Waals surface area contributed by atoms with E-state index in [1.807, 2.05) is 17.8 Å². The van der Waals surface area contributed by atoms with Gasteiger partial charge in [0, 0.05) is 37.6 Å². The van der Waals surface area contributed by atoms with E-state index in [0.29, 0.717) is 17.7 Å². The summed E-state index contributed by atoms with van der Waals surface area (Å²) in [5, 5.41) is 0. The summed E-state index contributed by atoms with van der Waals surface area (Å²) in [7, 11) is 3.64. The number of aryl methyl sites for hydroxylation is 1. The number of benzene rings is 1. The molecular formula is C14H16N4OS. The van der Waals surface area contributed by atoms with E-state index in [-0.39, 0.29) is 10.9 Å². The lowest BCUT2D eigenvalue weighted by Crippen LogP contribution is -2.27. The first-order valence-corrected chi connectivity index (χ1v) is 6.51. The minimum atomic E-state index is -0.0916. The number of nitrogens with two attached hydrogens (primary N) is 1. The average Bonchev–Trinajstić information content (AvgIpc) is 2.83. The lowest BCUT2D eigenvalue weighted by molar-refractivity contribution is 0.0780. The molecule has 1 aromatic heterocycles. The highest BCUT2D eigenvalue weighted by atomic mass is 32.1. The zero-order chi connectivity index (χ0) is 14.7. The van der Waals surface area contributed by atoms with Crippen LogP contribution in [0.4, 0.5) is 0 Å². The van der Waals surface area contributed by atoms with Gasteiger partial charge in [-0.1, -0.05) is 24.4 Å². The van der Waals surface area contributed by atoms with Crippen molar-refractivity contribution in [2.24, 2.45) is 12.8 Å². The maximum absolute atomic E-state index is 12.4. The molecule has 5 nitrogen and oxygen atoms in total. The fourth-order valence-electron chi connectivity index (χ4n) is 1.86. The molecule has 0 unspecified atom stereocenters. The van der Waals surface area contributed by atoms with E-state index in [0.717, 1.165) is 5.82 Å². The maximum Gasteiger partial charge on any atom is 0.254 e. The normalized spacial score (nSPS) is 10.3. The van der Waals surface area contributed by atoms with Crippen LogP contribution in [0.25, 0.3) is 0 Å². The molecule has 6 heteroatoms. The average molecular weight is 288 g/mol. The molecule has 0 aliphatic heterocycles. The van der Waals surface area contributed by atoms with E-state index >= 15 is 0 Å². The number of hydrogen-bond acceptors (Lipinski definition) is 3. The molecule has 0 saturated carbocycles. The molecule has 1 heterocycles. The fraction of sp³-hybridized carbons (Fsp3) is 0.214. The molecule has 2 rings (SSSR count). The van der Waals surface area contributed by atoms with E-state index < -0.39 is 0 Å². The highest BCUT2D eigenvalue weighted by Gasteiger charge is 2.14. The minimum absolute atomic E-state index is 0.0916. The van der Waals surface area contributed by atoms with Crippen molar-refractivity contribution in [2.45, 2.75) is 6.54 Å². The molecule has 0 spiro atoms. The third kappa shape index (κ3) is 3.03. The van der Waals surface area contributed by atoms with Crippen LogP contribution in [0.2, 0.25) is 0 Å². The van der Waals surface area contributed by atoms with Crippen molar-refractivity contribution in [3.8, 4) is 0 Å². The van der Waals surface area contributed by atoms with Gasteiger partial charge in [-0.05, 0) is 12.1 Å². The summed E-state index contributed by atoms with van der Waals surface area (Å²) in [6.45, 7) is 0.444. The first kappa shape index (κ1) is 14.2. The van der Waals surface area contributed by atoms with E-state index in [1.165, 1.54) is 0 Å². The van der Waals surface area contributed by atoms with E-state index in [1.54, 1.807) is 42.4 Å². The van der Waals surface area contributed by atoms with Crippen LogP contribution in [0.15, 0.2) is 36.7 Å². The Hall–Kier alpha value is -2.21. The monoisotopic (exact) mass is 288 g/mol. The zero-order valence-corrected chi connectivity index (χ0v) is 12.2. The quantitative estimate of drug-likeness (QED) is 0.862. The second kappa shape index (κ2) is 5.83. The van der Waals surface area contributed by atoms with Gasteiger partial charge in [0.15, 0.2) is 0 Å². The van der Waals surface area contributed by atoms with Crippen LogP contribution < -0.4 is 5.73 Å². The first-order valence-electron chi connectivity index (χ1n) is 6.10. The van der Waals surface area contributed by atoms with Gasteiger partial charge in [0.25, 0.3) is 5.91 Å². The molecule has 2 aromatic rings. The summed E-state index contributed by atoms with van der Waals surface area (Å²) >= 11 is 4.92. The first-order chi connectivity index (χ1) is 9.49. The van der Waals surface area contributed by atoms with Gasteiger partial charge in [0.2, 0.25) is 0 Å². The van der Waals surface area contributed by atoms with Crippen molar-refractivity contribution in [3.05, 3.63) is 53.6 Å².